The number of amides is 2. The summed E-state index contributed by atoms with van der Waals surface area (Å²) in [6, 6.07) is 12.9. The van der Waals surface area contributed by atoms with Crippen LogP contribution in [0.4, 0.5) is 0 Å². The van der Waals surface area contributed by atoms with E-state index in [2.05, 4.69) is 10.3 Å². The normalized spacial score (nSPS) is 10.2. The number of carbonyl (C=O) groups excluding carboxylic acids is 2. The highest BCUT2D eigenvalue weighted by atomic mass is 16.7. The molecule has 92 valence electrons. The van der Waals surface area contributed by atoms with Crippen molar-refractivity contribution < 1.29 is 14.4 Å². The molecular weight excluding hydrogens is 232 g/mol. The topological polar surface area (TPSA) is 81.4 Å². The molecule has 0 fully saturated rings. The van der Waals surface area contributed by atoms with Crippen LogP contribution < -0.4 is 11.2 Å². The predicted molar refractivity (Wildman–Crippen MR) is 66.6 cm³/mol. The minimum atomic E-state index is -0.645. The molecule has 0 aliphatic rings. The molecule has 0 saturated heterocycles. The van der Waals surface area contributed by atoms with Gasteiger partial charge in [0.25, 0.3) is 5.91 Å². The first-order chi connectivity index (χ1) is 8.68. The minimum Gasteiger partial charge on any atom is -0.368 e. The van der Waals surface area contributed by atoms with Gasteiger partial charge in [0.1, 0.15) is 0 Å². The van der Waals surface area contributed by atoms with Gasteiger partial charge in [0.2, 0.25) is 5.91 Å². The molecule has 2 aromatic rings. The molecule has 0 aliphatic carbocycles. The van der Waals surface area contributed by atoms with E-state index in [1.54, 1.807) is 12.1 Å². The van der Waals surface area contributed by atoms with Gasteiger partial charge in [-0.25, -0.2) is 5.48 Å². The molecule has 18 heavy (non-hydrogen) atoms. The zero-order valence-corrected chi connectivity index (χ0v) is 9.55. The molecule has 0 atom stereocenters. The number of hydrogen-bond donors (Lipinski definition) is 2. The van der Waals surface area contributed by atoms with Crippen LogP contribution in [0.5, 0.6) is 0 Å². The highest BCUT2D eigenvalue weighted by molar-refractivity contribution is 6.06. The predicted octanol–water partition coefficient (Wildman–Crippen LogP) is 0.986. The van der Waals surface area contributed by atoms with Crippen molar-refractivity contribution in [2.24, 2.45) is 5.73 Å². The first-order valence-electron chi connectivity index (χ1n) is 5.36. The summed E-state index contributed by atoms with van der Waals surface area (Å²) in [5.74, 6) is -1.05. The second-order valence-corrected chi connectivity index (χ2v) is 3.71. The highest BCUT2D eigenvalue weighted by Gasteiger charge is 2.09. The van der Waals surface area contributed by atoms with Gasteiger partial charge in [-0.3, -0.25) is 14.4 Å². The first kappa shape index (κ1) is 12.1. The van der Waals surface area contributed by atoms with Crippen molar-refractivity contribution in [1.29, 1.82) is 0 Å². The van der Waals surface area contributed by atoms with Crippen molar-refractivity contribution in [2.45, 2.75) is 0 Å². The fraction of sp³-hybridized carbons (Fsp3) is 0.0769. The summed E-state index contributed by atoms with van der Waals surface area (Å²) in [6.07, 6.45) is 0. The summed E-state index contributed by atoms with van der Waals surface area (Å²) in [6.45, 7) is -0.351. The molecule has 2 rings (SSSR count). The van der Waals surface area contributed by atoms with E-state index in [0.717, 1.165) is 10.8 Å². The molecule has 0 saturated carbocycles. The maximum Gasteiger partial charge on any atom is 0.275 e. The number of hydroxylamine groups is 1. The third-order valence-electron chi connectivity index (χ3n) is 2.41. The van der Waals surface area contributed by atoms with Crippen LogP contribution in [0.2, 0.25) is 0 Å². The number of benzene rings is 2. The Kier molecular flexibility index (Phi) is 3.54. The third-order valence-corrected chi connectivity index (χ3v) is 2.41. The molecule has 2 aromatic carbocycles. The lowest BCUT2D eigenvalue weighted by Crippen LogP contribution is -2.29. The van der Waals surface area contributed by atoms with Crippen LogP contribution in [0.1, 0.15) is 10.4 Å². The summed E-state index contributed by atoms with van der Waals surface area (Å²) in [5, 5.41) is 1.78. The average molecular weight is 244 g/mol. The number of carbonyl (C=O) groups is 2. The number of primary amides is 1. The van der Waals surface area contributed by atoms with E-state index >= 15 is 0 Å². The SMILES string of the molecule is NC(=O)CONC(=O)c1cccc2ccccc12. The van der Waals surface area contributed by atoms with Crippen molar-refractivity contribution in [3.63, 3.8) is 0 Å². The summed E-state index contributed by atoms with van der Waals surface area (Å²) in [7, 11) is 0. The summed E-state index contributed by atoms with van der Waals surface area (Å²) < 4.78 is 0. The van der Waals surface area contributed by atoms with Gasteiger partial charge in [-0.05, 0) is 16.8 Å². The smallest absolute Gasteiger partial charge is 0.275 e. The largest absolute Gasteiger partial charge is 0.368 e. The Bertz CT molecular complexity index is 590. The molecule has 0 bridgehead atoms. The standard InChI is InChI=1S/C13H12N2O3/c14-12(16)8-18-15-13(17)11-7-3-5-9-4-1-2-6-10(9)11/h1-7H,8H2,(H2,14,16)(H,15,17). The van der Waals surface area contributed by atoms with Gasteiger partial charge in [-0.15, -0.1) is 0 Å². The fourth-order valence-electron chi connectivity index (χ4n) is 1.65. The molecule has 0 spiro atoms. The second kappa shape index (κ2) is 5.29. The van der Waals surface area contributed by atoms with Gasteiger partial charge in [-0.1, -0.05) is 36.4 Å². The number of hydrogen-bond acceptors (Lipinski definition) is 3. The first-order valence-corrected chi connectivity index (χ1v) is 5.36. The summed E-state index contributed by atoms with van der Waals surface area (Å²) >= 11 is 0. The van der Waals surface area contributed by atoms with Gasteiger partial charge in [0, 0.05) is 5.56 Å². The molecule has 0 radical (unpaired) electrons. The van der Waals surface area contributed by atoms with E-state index in [1.807, 2.05) is 30.3 Å². The molecule has 0 heterocycles. The van der Waals surface area contributed by atoms with E-state index in [-0.39, 0.29) is 6.61 Å². The zero-order chi connectivity index (χ0) is 13.0. The quantitative estimate of drug-likeness (QED) is 0.787. The molecule has 0 unspecified atom stereocenters. The van der Waals surface area contributed by atoms with E-state index in [0.29, 0.717) is 5.56 Å². The van der Waals surface area contributed by atoms with E-state index in [1.165, 1.54) is 0 Å². The van der Waals surface area contributed by atoms with Crippen LogP contribution >= 0.6 is 0 Å². The Morgan fingerprint density at radius 3 is 2.61 bits per heavy atom. The van der Waals surface area contributed by atoms with Crippen molar-refractivity contribution in [3.05, 3.63) is 48.0 Å². The summed E-state index contributed by atoms with van der Waals surface area (Å²) in [5.41, 5.74) is 7.56. The summed E-state index contributed by atoms with van der Waals surface area (Å²) in [4.78, 5) is 27.0. The van der Waals surface area contributed by atoms with E-state index < -0.39 is 11.8 Å². The number of rotatable bonds is 4. The van der Waals surface area contributed by atoms with Crippen LogP contribution in [-0.2, 0) is 9.63 Å². The fourth-order valence-corrected chi connectivity index (χ4v) is 1.65. The van der Waals surface area contributed by atoms with Crippen LogP contribution in [0, 0.1) is 0 Å². The number of fused-ring (bicyclic) bond motifs is 1. The highest BCUT2D eigenvalue weighted by Crippen LogP contribution is 2.18. The van der Waals surface area contributed by atoms with Gasteiger partial charge in [-0.2, -0.15) is 0 Å². The van der Waals surface area contributed by atoms with Gasteiger partial charge in [0.05, 0.1) is 0 Å². The van der Waals surface area contributed by atoms with E-state index in [4.69, 9.17) is 5.73 Å². The van der Waals surface area contributed by atoms with Crippen LogP contribution in [-0.4, -0.2) is 18.4 Å². The average Bonchev–Trinajstić information content (AvgIpc) is 2.37. The third kappa shape index (κ3) is 2.64. The van der Waals surface area contributed by atoms with Gasteiger partial charge < -0.3 is 5.73 Å². The molecule has 0 aliphatic heterocycles. The molecule has 5 heteroatoms. The second-order valence-electron chi connectivity index (χ2n) is 3.71. The Labute approximate surface area is 103 Å². The van der Waals surface area contributed by atoms with Crippen molar-refractivity contribution in [1.82, 2.24) is 5.48 Å². The lowest BCUT2D eigenvalue weighted by molar-refractivity contribution is -0.124. The minimum absolute atomic E-state index is 0.351. The lowest BCUT2D eigenvalue weighted by Gasteiger charge is -2.07. The van der Waals surface area contributed by atoms with E-state index in [9.17, 15) is 9.59 Å². The monoisotopic (exact) mass is 244 g/mol. The molecule has 5 nitrogen and oxygen atoms in total. The number of nitrogens with one attached hydrogen (secondary N) is 1. The van der Waals surface area contributed by atoms with Crippen LogP contribution in [0.25, 0.3) is 10.8 Å². The zero-order valence-electron chi connectivity index (χ0n) is 9.55. The Balaban J connectivity index is 2.20. The van der Waals surface area contributed by atoms with Crippen molar-refractivity contribution >= 4 is 22.6 Å². The number of nitrogens with two attached hydrogens (primary N) is 1. The lowest BCUT2D eigenvalue weighted by atomic mass is 10.0. The maximum atomic E-state index is 11.9. The Hall–Kier alpha value is -2.40. The van der Waals surface area contributed by atoms with Crippen molar-refractivity contribution in [3.8, 4) is 0 Å². The molecule has 2 amide bonds. The van der Waals surface area contributed by atoms with Crippen LogP contribution in [0.3, 0.4) is 0 Å². The van der Waals surface area contributed by atoms with Crippen molar-refractivity contribution in [2.75, 3.05) is 6.61 Å². The van der Waals surface area contributed by atoms with Crippen LogP contribution in [0.15, 0.2) is 42.5 Å². The Morgan fingerprint density at radius 1 is 1.11 bits per heavy atom. The molecule has 0 aromatic heterocycles. The molecule has 3 N–H and O–H groups in total. The maximum absolute atomic E-state index is 11.9. The Morgan fingerprint density at radius 2 is 1.83 bits per heavy atom. The van der Waals surface area contributed by atoms with Gasteiger partial charge in [0.15, 0.2) is 6.61 Å². The van der Waals surface area contributed by atoms with Gasteiger partial charge >= 0.3 is 0 Å². The molecular formula is C13H12N2O3.